The Balaban J connectivity index is 1.66. The highest BCUT2D eigenvalue weighted by Crippen LogP contribution is 2.25. The minimum absolute atomic E-state index is 0.190. The summed E-state index contributed by atoms with van der Waals surface area (Å²) in [5, 5.41) is 2.77. The zero-order valence-corrected chi connectivity index (χ0v) is 16.3. The molecule has 0 bridgehead atoms. The van der Waals surface area contributed by atoms with E-state index in [0.717, 1.165) is 5.56 Å². The molecule has 1 N–H and O–H groups in total. The molecule has 0 aromatic heterocycles. The van der Waals surface area contributed by atoms with E-state index in [1.165, 1.54) is 37.3 Å². The van der Waals surface area contributed by atoms with Crippen molar-refractivity contribution in [3.63, 3.8) is 0 Å². The molecule has 3 aromatic rings. The second-order valence-corrected chi connectivity index (χ2v) is 6.38. The summed E-state index contributed by atoms with van der Waals surface area (Å²) in [5.74, 6) is -1.31. The van der Waals surface area contributed by atoms with Gasteiger partial charge in [0.25, 0.3) is 0 Å². The summed E-state index contributed by atoms with van der Waals surface area (Å²) >= 11 is 0. The number of nitrogens with one attached hydrogen (secondary N) is 1. The molecular formula is C24H20FNO4. The van der Waals surface area contributed by atoms with Gasteiger partial charge in [-0.1, -0.05) is 48.5 Å². The first-order valence-electron chi connectivity index (χ1n) is 9.24. The van der Waals surface area contributed by atoms with E-state index >= 15 is 0 Å². The van der Waals surface area contributed by atoms with Gasteiger partial charge in [-0.3, -0.25) is 9.59 Å². The number of para-hydroxylation sites is 2. The van der Waals surface area contributed by atoms with Gasteiger partial charge < -0.3 is 14.8 Å². The van der Waals surface area contributed by atoms with Crippen LogP contribution in [0, 0.1) is 5.82 Å². The lowest BCUT2D eigenvalue weighted by Crippen LogP contribution is -2.09. The van der Waals surface area contributed by atoms with Gasteiger partial charge in [0.05, 0.1) is 5.69 Å². The molecule has 1 amide bonds. The van der Waals surface area contributed by atoms with E-state index in [1.807, 2.05) is 36.4 Å². The van der Waals surface area contributed by atoms with Crippen LogP contribution in [0.4, 0.5) is 10.1 Å². The summed E-state index contributed by atoms with van der Waals surface area (Å²) in [5.41, 5.74) is 2.05. The number of esters is 1. The van der Waals surface area contributed by atoms with E-state index in [9.17, 15) is 14.0 Å². The lowest BCUT2D eigenvalue weighted by atomic mass is 10.2. The van der Waals surface area contributed by atoms with E-state index < -0.39 is 11.8 Å². The zero-order chi connectivity index (χ0) is 21.3. The quantitative estimate of drug-likeness (QED) is 0.342. The van der Waals surface area contributed by atoms with Crippen molar-refractivity contribution >= 4 is 23.6 Å². The van der Waals surface area contributed by atoms with Crippen molar-refractivity contribution in [2.75, 3.05) is 5.32 Å². The Hall–Kier alpha value is -3.93. The first kappa shape index (κ1) is 20.8. The Labute approximate surface area is 173 Å². The smallest absolute Gasteiger partial charge is 0.308 e. The maximum Gasteiger partial charge on any atom is 0.308 e. The molecule has 3 aromatic carbocycles. The van der Waals surface area contributed by atoms with Crippen LogP contribution in [-0.4, -0.2) is 11.9 Å². The van der Waals surface area contributed by atoms with Crippen molar-refractivity contribution in [1.82, 2.24) is 0 Å². The molecule has 30 heavy (non-hydrogen) atoms. The average molecular weight is 405 g/mol. The van der Waals surface area contributed by atoms with Gasteiger partial charge in [0.1, 0.15) is 12.4 Å². The highest BCUT2D eigenvalue weighted by Gasteiger charge is 2.08. The van der Waals surface area contributed by atoms with E-state index in [1.54, 1.807) is 18.2 Å². The lowest BCUT2D eigenvalue weighted by Gasteiger charge is -2.11. The summed E-state index contributed by atoms with van der Waals surface area (Å²) in [7, 11) is 0. The van der Waals surface area contributed by atoms with Crippen LogP contribution in [0.2, 0.25) is 0 Å². The molecule has 0 heterocycles. The van der Waals surface area contributed by atoms with Crippen LogP contribution in [0.3, 0.4) is 0 Å². The number of hydrogen-bond donors (Lipinski definition) is 1. The molecule has 0 aliphatic rings. The number of halogens is 1. The molecule has 0 saturated heterocycles. The number of carbonyl (C=O) groups excluding carboxylic acids is 2. The highest BCUT2D eigenvalue weighted by atomic mass is 19.1. The molecule has 0 atom stereocenters. The van der Waals surface area contributed by atoms with Gasteiger partial charge in [0.2, 0.25) is 5.91 Å². The number of carbonyl (C=O) groups is 2. The Morgan fingerprint density at radius 1 is 0.967 bits per heavy atom. The molecule has 0 spiro atoms. The second-order valence-electron chi connectivity index (χ2n) is 6.38. The molecular weight excluding hydrogens is 385 g/mol. The van der Waals surface area contributed by atoms with Gasteiger partial charge >= 0.3 is 5.97 Å². The fourth-order valence-corrected chi connectivity index (χ4v) is 2.63. The monoisotopic (exact) mass is 405 g/mol. The van der Waals surface area contributed by atoms with Gasteiger partial charge in [-0.2, -0.15) is 0 Å². The average Bonchev–Trinajstić information content (AvgIpc) is 2.74. The third kappa shape index (κ3) is 6.04. The second kappa shape index (κ2) is 10.0. The number of benzene rings is 3. The van der Waals surface area contributed by atoms with Crippen LogP contribution < -0.4 is 14.8 Å². The number of anilines is 1. The Bertz CT molecular complexity index is 1060. The Morgan fingerprint density at radius 3 is 2.47 bits per heavy atom. The fourth-order valence-electron chi connectivity index (χ4n) is 2.63. The van der Waals surface area contributed by atoms with Gasteiger partial charge in [-0.15, -0.1) is 0 Å². The zero-order valence-electron chi connectivity index (χ0n) is 16.3. The van der Waals surface area contributed by atoms with Crippen molar-refractivity contribution in [3.05, 3.63) is 95.8 Å². The highest BCUT2D eigenvalue weighted by molar-refractivity contribution is 6.02. The summed E-state index contributed by atoms with van der Waals surface area (Å²) in [6, 6.07) is 20.8. The predicted molar refractivity (Wildman–Crippen MR) is 113 cm³/mol. The largest absolute Gasteiger partial charge is 0.487 e. The minimum atomic E-state index is -0.656. The predicted octanol–water partition coefficient (Wildman–Crippen LogP) is 4.98. The van der Waals surface area contributed by atoms with E-state index in [2.05, 4.69) is 5.32 Å². The SMILES string of the molecule is CC(=O)Oc1cc(/C=C/C(=O)Nc2ccccc2OCc2ccccc2)ccc1F. The summed E-state index contributed by atoms with van der Waals surface area (Å²) in [6.07, 6.45) is 2.80. The third-order valence-corrected chi connectivity index (χ3v) is 4.02. The van der Waals surface area contributed by atoms with E-state index in [-0.39, 0.29) is 11.7 Å². The standard InChI is InChI=1S/C24H20FNO4/c1-17(27)30-23-15-18(11-13-20(23)25)12-14-24(28)26-21-9-5-6-10-22(21)29-16-19-7-3-2-4-8-19/h2-15H,16H2,1H3,(H,26,28)/b14-12+. The van der Waals surface area contributed by atoms with Crippen LogP contribution in [0.15, 0.2) is 78.9 Å². The van der Waals surface area contributed by atoms with Gasteiger partial charge in [0, 0.05) is 13.0 Å². The van der Waals surface area contributed by atoms with Crippen molar-refractivity contribution < 1.29 is 23.5 Å². The number of ether oxygens (including phenoxy) is 2. The minimum Gasteiger partial charge on any atom is -0.487 e. The molecule has 0 aliphatic carbocycles. The number of rotatable bonds is 7. The fraction of sp³-hybridized carbons (Fsp3) is 0.0833. The third-order valence-electron chi connectivity index (χ3n) is 4.02. The van der Waals surface area contributed by atoms with Gasteiger partial charge in [0.15, 0.2) is 11.6 Å². The molecule has 0 fully saturated rings. The van der Waals surface area contributed by atoms with Crippen LogP contribution in [0.1, 0.15) is 18.1 Å². The van der Waals surface area contributed by atoms with E-state index in [0.29, 0.717) is 23.6 Å². The van der Waals surface area contributed by atoms with Crippen molar-refractivity contribution in [2.24, 2.45) is 0 Å². The number of hydrogen-bond acceptors (Lipinski definition) is 4. The Morgan fingerprint density at radius 2 is 1.70 bits per heavy atom. The maximum atomic E-state index is 13.7. The first-order chi connectivity index (χ1) is 14.5. The Kier molecular flexibility index (Phi) is 6.95. The van der Waals surface area contributed by atoms with Crippen LogP contribution in [0.25, 0.3) is 6.08 Å². The lowest BCUT2D eigenvalue weighted by molar-refractivity contribution is -0.132. The van der Waals surface area contributed by atoms with Gasteiger partial charge in [-0.05, 0) is 41.5 Å². The molecule has 5 nitrogen and oxygen atoms in total. The maximum absolute atomic E-state index is 13.7. The topological polar surface area (TPSA) is 64.6 Å². The normalized spacial score (nSPS) is 10.6. The molecule has 152 valence electrons. The van der Waals surface area contributed by atoms with Crippen molar-refractivity contribution in [3.8, 4) is 11.5 Å². The summed E-state index contributed by atoms with van der Waals surface area (Å²) in [4.78, 5) is 23.4. The van der Waals surface area contributed by atoms with Crippen LogP contribution in [-0.2, 0) is 16.2 Å². The number of amides is 1. The van der Waals surface area contributed by atoms with Crippen molar-refractivity contribution in [2.45, 2.75) is 13.5 Å². The summed E-state index contributed by atoms with van der Waals surface area (Å²) in [6.45, 7) is 1.56. The van der Waals surface area contributed by atoms with Crippen LogP contribution >= 0.6 is 0 Å². The molecule has 0 unspecified atom stereocenters. The van der Waals surface area contributed by atoms with Crippen LogP contribution in [0.5, 0.6) is 11.5 Å². The van der Waals surface area contributed by atoms with Crippen molar-refractivity contribution in [1.29, 1.82) is 0 Å². The molecule has 6 heteroatoms. The molecule has 3 rings (SSSR count). The molecule has 0 radical (unpaired) electrons. The molecule has 0 saturated carbocycles. The summed E-state index contributed by atoms with van der Waals surface area (Å²) < 4.78 is 24.3. The molecule has 0 aliphatic heterocycles. The van der Waals surface area contributed by atoms with E-state index in [4.69, 9.17) is 9.47 Å². The van der Waals surface area contributed by atoms with Gasteiger partial charge in [-0.25, -0.2) is 4.39 Å². The first-order valence-corrected chi connectivity index (χ1v) is 9.24.